The third-order valence-electron chi connectivity index (χ3n) is 8.59. The molecule has 43 heavy (non-hydrogen) atoms. The number of anilines is 2. The van der Waals surface area contributed by atoms with Crippen LogP contribution < -0.4 is 15.4 Å². The van der Waals surface area contributed by atoms with Gasteiger partial charge in [0.15, 0.2) is 0 Å². The number of pyridine rings is 1. The Hall–Kier alpha value is -4.16. The maximum Gasteiger partial charge on any atom is 0.261 e. The highest BCUT2D eigenvalue weighted by Crippen LogP contribution is 2.39. The molecule has 0 aliphatic carbocycles. The molecular formula is C31H38N8O4. The van der Waals surface area contributed by atoms with Crippen molar-refractivity contribution in [1.29, 1.82) is 0 Å². The maximum absolute atomic E-state index is 14.0. The van der Waals surface area contributed by atoms with Crippen LogP contribution >= 0.6 is 0 Å². The average Bonchev–Trinajstić information content (AvgIpc) is 3.49. The van der Waals surface area contributed by atoms with E-state index in [9.17, 15) is 9.59 Å². The summed E-state index contributed by atoms with van der Waals surface area (Å²) in [6, 6.07) is 7.88. The van der Waals surface area contributed by atoms with Crippen LogP contribution in [0.25, 0.3) is 10.9 Å². The van der Waals surface area contributed by atoms with E-state index in [4.69, 9.17) is 14.5 Å². The summed E-state index contributed by atoms with van der Waals surface area (Å²) in [5.41, 5.74) is 3.50. The Morgan fingerprint density at radius 3 is 2.67 bits per heavy atom. The maximum atomic E-state index is 14.0. The van der Waals surface area contributed by atoms with Gasteiger partial charge in [0.25, 0.3) is 5.56 Å². The minimum absolute atomic E-state index is 0.00458. The number of hydrogen-bond acceptors (Lipinski definition) is 9. The predicted octanol–water partition coefficient (Wildman–Crippen LogP) is 2.05. The number of aromatic nitrogens is 6. The quantitative estimate of drug-likeness (QED) is 0.290. The van der Waals surface area contributed by atoms with Crippen molar-refractivity contribution in [2.75, 3.05) is 50.3 Å². The molecule has 12 nitrogen and oxygen atoms in total. The van der Waals surface area contributed by atoms with E-state index >= 15 is 0 Å². The van der Waals surface area contributed by atoms with Crippen molar-refractivity contribution in [3.05, 3.63) is 70.0 Å². The van der Waals surface area contributed by atoms with Crippen molar-refractivity contribution in [2.24, 2.45) is 7.05 Å². The zero-order valence-corrected chi connectivity index (χ0v) is 25.4. The van der Waals surface area contributed by atoms with Gasteiger partial charge in [-0.3, -0.25) is 19.1 Å². The summed E-state index contributed by atoms with van der Waals surface area (Å²) in [7, 11) is 5.37. The van der Waals surface area contributed by atoms with Gasteiger partial charge in [-0.2, -0.15) is 0 Å². The molecule has 226 valence electrons. The van der Waals surface area contributed by atoms with Gasteiger partial charge in [-0.25, -0.2) is 4.98 Å². The first kappa shape index (κ1) is 28.9. The van der Waals surface area contributed by atoms with Gasteiger partial charge in [0, 0.05) is 65.6 Å². The standard InChI is InChI=1S/C31H38N8O4/c1-31(2)28-25(37(4)30(31)41)14-20(16-32-28)10-11-39-26(8-9-27-35-33-19-36(27)3)34-24-15-21(6-7-23(24)29(39)40)38-12-13-43-22(17-38)18-42-5/h6-7,14-16,19,22H,8-13,17-18H2,1-5H3/t22-/m1/s1. The molecule has 0 bridgehead atoms. The van der Waals surface area contributed by atoms with Crippen LogP contribution in [0.15, 0.2) is 41.6 Å². The second-order valence-electron chi connectivity index (χ2n) is 11.9. The minimum Gasteiger partial charge on any atom is -0.382 e. The van der Waals surface area contributed by atoms with E-state index < -0.39 is 5.41 Å². The lowest BCUT2D eigenvalue weighted by molar-refractivity contribution is -0.121. The zero-order chi connectivity index (χ0) is 30.3. The highest BCUT2D eigenvalue weighted by Gasteiger charge is 2.43. The lowest BCUT2D eigenvalue weighted by Gasteiger charge is -2.34. The number of carbonyl (C=O) groups excluding carboxylic acids is 1. The number of nitrogens with zero attached hydrogens (tertiary/aromatic N) is 8. The summed E-state index contributed by atoms with van der Waals surface area (Å²) >= 11 is 0. The van der Waals surface area contributed by atoms with Gasteiger partial charge in [0.1, 0.15) is 18.0 Å². The van der Waals surface area contributed by atoms with Crippen LogP contribution in [-0.4, -0.2) is 81.8 Å². The molecular weight excluding hydrogens is 548 g/mol. The monoisotopic (exact) mass is 586 g/mol. The van der Waals surface area contributed by atoms with Gasteiger partial charge < -0.3 is 23.8 Å². The normalized spacial score (nSPS) is 18.1. The number of aryl methyl sites for hydroxylation is 4. The highest BCUT2D eigenvalue weighted by molar-refractivity contribution is 6.06. The molecule has 12 heteroatoms. The Kier molecular flexibility index (Phi) is 7.74. The van der Waals surface area contributed by atoms with Crippen molar-refractivity contribution in [3.8, 4) is 0 Å². The second kappa shape index (κ2) is 11.5. The number of fused-ring (bicyclic) bond motifs is 2. The van der Waals surface area contributed by atoms with Crippen molar-refractivity contribution in [3.63, 3.8) is 0 Å². The van der Waals surface area contributed by atoms with E-state index in [1.54, 1.807) is 30.0 Å². The van der Waals surface area contributed by atoms with Crippen molar-refractivity contribution in [1.82, 2.24) is 29.3 Å². The molecule has 0 unspecified atom stereocenters. The second-order valence-corrected chi connectivity index (χ2v) is 11.9. The first-order chi connectivity index (χ1) is 20.7. The Morgan fingerprint density at radius 2 is 1.91 bits per heavy atom. The number of rotatable bonds is 9. The third-order valence-corrected chi connectivity index (χ3v) is 8.59. The Morgan fingerprint density at radius 1 is 1.09 bits per heavy atom. The number of benzene rings is 1. The third kappa shape index (κ3) is 5.40. The molecule has 1 saturated heterocycles. The minimum atomic E-state index is -0.653. The summed E-state index contributed by atoms with van der Waals surface area (Å²) in [6.45, 7) is 6.84. The predicted molar refractivity (Wildman–Crippen MR) is 163 cm³/mol. The van der Waals surface area contributed by atoms with Gasteiger partial charge in [-0.05, 0) is 50.1 Å². The summed E-state index contributed by atoms with van der Waals surface area (Å²) in [4.78, 5) is 40.4. The van der Waals surface area contributed by atoms with E-state index in [0.29, 0.717) is 62.3 Å². The SMILES string of the molecule is COC[C@H]1CN(c2ccc3c(=O)n(CCc4cnc5c(c4)N(C)C(=O)C5(C)C)c(CCc4nncn4C)nc3c2)CCO1. The molecule has 2 aliphatic heterocycles. The number of ether oxygens (including phenoxy) is 2. The van der Waals surface area contributed by atoms with E-state index in [0.717, 1.165) is 35.0 Å². The van der Waals surface area contributed by atoms with E-state index in [1.165, 1.54) is 0 Å². The molecule has 0 saturated carbocycles. The van der Waals surface area contributed by atoms with Crippen LogP contribution in [0, 0.1) is 0 Å². The van der Waals surface area contributed by atoms with E-state index in [1.807, 2.05) is 55.9 Å². The van der Waals surface area contributed by atoms with Crippen LogP contribution in [0.1, 0.15) is 36.8 Å². The molecule has 6 rings (SSSR count). The van der Waals surface area contributed by atoms with Crippen LogP contribution in [0.2, 0.25) is 0 Å². The highest BCUT2D eigenvalue weighted by atomic mass is 16.5. The average molecular weight is 587 g/mol. The molecule has 2 aliphatic rings. The summed E-state index contributed by atoms with van der Waals surface area (Å²) in [5, 5.41) is 8.80. The van der Waals surface area contributed by atoms with Crippen molar-refractivity contribution < 1.29 is 14.3 Å². The van der Waals surface area contributed by atoms with Gasteiger partial charge in [0.2, 0.25) is 5.91 Å². The van der Waals surface area contributed by atoms with Crippen LogP contribution in [0.3, 0.4) is 0 Å². The molecule has 1 amide bonds. The number of hydrogen-bond donors (Lipinski definition) is 0. The number of morpholine rings is 1. The summed E-state index contributed by atoms with van der Waals surface area (Å²) < 4.78 is 14.8. The molecule has 0 N–H and O–H groups in total. The molecule has 4 aromatic rings. The van der Waals surface area contributed by atoms with Crippen molar-refractivity contribution >= 4 is 28.2 Å². The number of likely N-dealkylation sites (N-methyl/N-ethyl adjacent to an activating group) is 1. The fraction of sp³-hybridized carbons (Fsp3) is 0.484. The fourth-order valence-electron chi connectivity index (χ4n) is 6.11. The fourth-order valence-corrected chi connectivity index (χ4v) is 6.11. The van der Waals surface area contributed by atoms with E-state index in [2.05, 4.69) is 20.1 Å². The van der Waals surface area contributed by atoms with Crippen LogP contribution in [0.5, 0.6) is 0 Å². The van der Waals surface area contributed by atoms with Gasteiger partial charge in [-0.15, -0.1) is 10.2 Å². The number of carbonyl (C=O) groups is 1. The molecule has 5 heterocycles. The lowest BCUT2D eigenvalue weighted by atomic mass is 9.90. The first-order valence-corrected chi connectivity index (χ1v) is 14.7. The van der Waals surface area contributed by atoms with Gasteiger partial charge in [-0.1, -0.05) is 0 Å². The van der Waals surface area contributed by atoms with Crippen LogP contribution in [0.4, 0.5) is 11.4 Å². The largest absolute Gasteiger partial charge is 0.382 e. The molecule has 0 spiro atoms. The molecule has 1 aromatic carbocycles. The molecule has 1 atom stereocenters. The van der Waals surface area contributed by atoms with Gasteiger partial charge >= 0.3 is 0 Å². The first-order valence-electron chi connectivity index (χ1n) is 14.7. The van der Waals surface area contributed by atoms with Gasteiger partial charge in [0.05, 0.1) is 47.0 Å². The summed E-state index contributed by atoms with van der Waals surface area (Å²) in [5.74, 6) is 1.54. The Balaban J connectivity index is 1.32. The lowest BCUT2D eigenvalue weighted by Crippen LogP contribution is -2.44. The zero-order valence-electron chi connectivity index (χ0n) is 25.4. The molecule has 0 radical (unpaired) electrons. The Labute approximate surface area is 250 Å². The van der Waals surface area contributed by atoms with Crippen molar-refractivity contribution in [2.45, 2.75) is 51.2 Å². The molecule has 3 aromatic heterocycles. The Bertz CT molecular complexity index is 1730. The van der Waals surface area contributed by atoms with Crippen LogP contribution in [-0.2, 0) is 52.5 Å². The number of methoxy groups -OCH3 is 1. The summed E-state index contributed by atoms with van der Waals surface area (Å²) in [6.07, 6.45) is 5.18. The smallest absolute Gasteiger partial charge is 0.261 e. The topological polar surface area (TPSA) is 120 Å². The number of amides is 1. The molecule has 1 fully saturated rings. The van der Waals surface area contributed by atoms with E-state index in [-0.39, 0.29) is 17.6 Å².